The summed E-state index contributed by atoms with van der Waals surface area (Å²) in [4.78, 5) is 0.303. The quantitative estimate of drug-likeness (QED) is 0.729. The molecule has 1 aromatic carbocycles. The second kappa shape index (κ2) is 3.50. The van der Waals surface area contributed by atoms with Crippen molar-refractivity contribution in [1.29, 1.82) is 0 Å². The first-order valence-corrected chi connectivity index (χ1v) is 6.61. The van der Waals surface area contributed by atoms with E-state index in [-0.39, 0.29) is 0 Å². The summed E-state index contributed by atoms with van der Waals surface area (Å²) in [5.74, 6) is 0. The molecular weight excluding hydrogens is 214 g/mol. The molecule has 1 aromatic rings. The number of anilines is 1. The SMILES string of the molecule is CS(=O)(=O)c1ccc2c(c1)CC(O)CN2. The van der Waals surface area contributed by atoms with Crippen molar-refractivity contribution < 1.29 is 13.5 Å². The van der Waals surface area contributed by atoms with E-state index in [2.05, 4.69) is 5.32 Å². The van der Waals surface area contributed by atoms with Crippen LogP contribution in [0, 0.1) is 0 Å². The average Bonchev–Trinajstić information content (AvgIpc) is 2.15. The summed E-state index contributed by atoms with van der Waals surface area (Å²) in [5.41, 5.74) is 1.77. The van der Waals surface area contributed by atoms with Crippen molar-refractivity contribution in [2.75, 3.05) is 18.1 Å². The normalized spacial score (nSPS) is 20.5. The predicted molar refractivity (Wildman–Crippen MR) is 57.8 cm³/mol. The topological polar surface area (TPSA) is 66.4 Å². The highest BCUT2D eigenvalue weighted by atomic mass is 32.2. The Morgan fingerprint density at radius 3 is 2.87 bits per heavy atom. The number of aliphatic hydroxyl groups excluding tert-OH is 1. The summed E-state index contributed by atoms with van der Waals surface area (Å²) in [6.07, 6.45) is 1.25. The number of β-amino-alcohol motifs (C(OH)–C–C–N with tert-alkyl or cyclic N) is 1. The number of sulfone groups is 1. The largest absolute Gasteiger partial charge is 0.391 e. The molecule has 0 saturated carbocycles. The van der Waals surface area contributed by atoms with Crippen LogP contribution in [0.4, 0.5) is 5.69 Å². The number of benzene rings is 1. The van der Waals surface area contributed by atoms with E-state index in [1.165, 1.54) is 6.26 Å². The zero-order chi connectivity index (χ0) is 11.1. The molecule has 0 bridgehead atoms. The molecule has 82 valence electrons. The Kier molecular flexibility index (Phi) is 2.44. The van der Waals surface area contributed by atoms with Gasteiger partial charge in [0.15, 0.2) is 9.84 Å². The van der Waals surface area contributed by atoms with E-state index in [9.17, 15) is 13.5 Å². The molecule has 0 fully saturated rings. The first-order valence-electron chi connectivity index (χ1n) is 4.72. The molecular formula is C10H13NO3S. The van der Waals surface area contributed by atoms with Gasteiger partial charge in [-0.05, 0) is 23.8 Å². The minimum Gasteiger partial charge on any atom is -0.391 e. The second-order valence-corrected chi connectivity index (χ2v) is 5.85. The van der Waals surface area contributed by atoms with Crippen LogP contribution >= 0.6 is 0 Å². The van der Waals surface area contributed by atoms with Gasteiger partial charge >= 0.3 is 0 Å². The number of hydrogen-bond donors (Lipinski definition) is 2. The van der Waals surface area contributed by atoms with Gasteiger partial charge in [0, 0.05) is 24.9 Å². The molecule has 1 heterocycles. The molecule has 2 rings (SSSR count). The number of hydrogen-bond acceptors (Lipinski definition) is 4. The Labute approximate surface area is 88.9 Å². The second-order valence-electron chi connectivity index (χ2n) is 3.83. The van der Waals surface area contributed by atoms with Crippen molar-refractivity contribution >= 4 is 15.5 Å². The maximum absolute atomic E-state index is 11.3. The molecule has 15 heavy (non-hydrogen) atoms. The number of nitrogens with one attached hydrogen (secondary N) is 1. The van der Waals surface area contributed by atoms with Crippen molar-refractivity contribution in [3.8, 4) is 0 Å². The Hall–Kier alpha value is -1.07. The minimum absolute atomic E-state index is 0.303. The van der Waals surface area contributed by atoms with Crippen molar-refractivity contribution in [2.45, 2.75) is 17.4 Å². The lowest BCUT2D eigenvalue weighted by molar-refractivity contribution is 0.184. The molecule has 0 radical (unpaired) electrons. The van der Waals surface area contributed by atoms with Crippen molar-refractivity contribution in [1.82, 2.24) is 0 Å². The minimum atomic E-state index is -3.16. The van der Waals surface area contributed by atoms with E-state index in [1.54, 1.807) is 18.2 Å². The zero-order valence-corrected chi connectivity index (χ0v) is 9.21. The lowest BCUT2D eigenvalue weighted by Crippen LogP contribution is -2.27. The summed E-state index contributed by atoms with van der Waals surface area (Å²) >= 11 is 0. The fraction of sp³-hybridized carbons (Fsp3) is 0.400. The monoisotopic (exact) mass is 227 g/mol. The highest BCUT2D eigenvalue weighted by Crippen LogP contribution is 2.24. The van der Waals surface area contributed by atoms with Crippen molar-refractivity contribution in [3.63, 3.8) is 0 Å². The van der Waals surface area contributed by atoms with Gasteiger partial charge in [0.05, 0.1) is 11.0 Å². The zero-order valence-electron chi connectivity index (χ0n) is 8.40. The first-order chi connectivity index (χ1) is 6.97. The molecule has 1 aliphatic rings. The predicted octanol–water partition coefficient (Wildman–Crippen LogP) is 0.419. The summed E-state index contributed by atoms with van der Waals surface area (Å²) in [5, 5.41) is 12.5. The third-order valence-electron chi connectivity index (χ3n) is 2.49. The molecule has 0 saturated heterocycles. The maximum Gasteiger partial charge on any atom is 0.175 e. The molecule has 0 aromatic heterocycles. The van der Waals surface area contributed by atoms with Crippen LogP contribution in [0.1, 0.15) is 5.56 Å². The van der Waals surface area contributed by atoms with Crippen LogP contribution in [0.3, 0.4) is 0 Å². The summed E-state index contributed by atoms with van der Waals surface area (Å²) in [6.45, 7) is 0.519. The van der Waals surface area contributed by atoms with Crippen LogP contribution in [-0.2, 0) is 16.3 Å². The summed E-state index contributed by atoms with van der Waals surface area (Å²) in [7, 11) is -3.16. The molecule has 4 nitrogen and oxygen atoms in total. The van der Waals surface area contributed by atoms with Crippen LogP contribution in [0.2, 0.25) is 0 Å². The summed E-state index contributed by atoms with van der Waals surface area (Å²) in [6, 6.07) is 4.95. The fourth-order valence-corrected chi connectivity index (χ4v) is 2.37. The van der Waals surface area contributed by atoms with Crippen molar-refractivity contribution in [2.24, 2.45) is 0 Å². The first kappa shape index (κ1) is 10.4. The number of fused-ring (bicyclic) bond motifs is 1. The number of rotatable bonds is 1. The maximum atomic E-state index is 11.3. The van der Waals surface area contributed by atoms with Gasteiger partial charge in [0.25, 0.3) is 0 Å². The lowest BCUT2D eigenvalue weighted by Gasteiger charge is -2.22. The standard InChI is InChI=1S/C10H13NO3S/c1-15(13,14)9-2-3-10-7(5-9)4-8(12)6-11-10/h2-3,5,8,11-12H,4,6H2,1H3. The Morgan fingerprint density at radius 1 is 1.47 bits per heavy atom. The third kappa shape index (κ3) is 2.13. The van der Waals surface area contributed by atoms with Gasteiger partial charge in [-0.25, -0.2) is 8.42 Å². The highest BCUT2D eigenvalue weighted by molar-refractivity contribution is 7.90. The van der Waals surface area contributed by atoms with E-state index < -0.39 is 15.9 Å². The summed E-state index contributed by atoms with van der Waals surface area (Å²) < 4.78 is 22.6. The van der Waals surface area contributed by atoms with Gasteiger partial charge in [0.2, 0.25) is 0 Å². The Balaban J connectivity index is 2.46. The molecule has 2 N–H and O–H groups in total. The molecule has 0 spiro atoms. The smallest absolute Gasteiger partial charge is 0.175 e. The van der Waals surface area contributed by atoms with Crippen LogP contribution in [0.5, 0.6) is 0 Å². The average molecular weight is 227 g/mol. The van der Waals surface area contributed by atoms with Crippen molar-refractivity contribution in [3.05, 3.63) is 23.8 Å². The van der Waals surface area contributed by atoms with E-state index in [0.29, 0.717) is 17.9 Å². The van der Waals surface area contributed by atoms with Crippen LogP contribution in [-0.4, -0.2) is 32.4 Å². The van der Waals surface area contributed by atoms with Crippen LogP contribution in [0.25, 0.3) is 0 Å². The molecule has 1 atom stereocenters. The molecule has 0 aliphatic carbocycles. The van der Waals surface area contributed by atoms with E-state index in [1.807, 2.05) is 0 Å². The molecule has 1 aliphatic heterocycles. The third-order valence-corrected chi connectivity index (χ3v) is 3.60. The Morgan fingerprint density at radius 2 is 2.20 bits per heavy atom. The van der Waals surface area contributed by atoms with E-state index in [4.69, 9.17) is 0 Å². The lowest BCUT2D eigenvalue weighted by atomic mass is 10.0. The fourth-order valence-electron chi connectivity index (χ4n) is 1.70. The molecule has 0 amide bonds. The van der Waals surface area contributed by atoms with Gasteiger partial charge in [-0.15, -0.1) is 0 Å². The van der Waals surface area contributed by atoms with Gasteiger partial charge in [-0.3, -0.25) is 0 Å². The van der Waals surface area contributed by atoms with Gasteiger partial charge in [-0.2, -0.15) is 0 Å². The van der Waals surface area contributed by atoms with Crippen LogP contribution in [0.15, 0.2) is 23.1 Å². The molecule has 5 heteroatoms. The van der Waals surface area contributed by atoms with E-state index >= 15 is 0 Å². The Bertz CT molecular complexity index is 481. The van der Waals surface area contributed by atoms with Crippen LogP contribution < -0.4 is 5.32 Å². The van der Waals surface area contributed by atoms with E-state index in [0.717, 1.165) is 11.3 Å². The van der Waals surface area contributed by atoms with Gasteiger partial charge in [-0.1, -0.05) is 0 Å². The van der Waals surface area contributed by atoms with Gasteiger partial charge in [0.1, 0.15) is 0 Å². The van der Waals surface area contributed by atoms with Gasteiger partial charge < -0.3 is 10.4 Å². The number of aliphatic hydroxyl groups is 1. The highest BCUT2D eigenvalue weighted by Gasteiger charge is 2.17. The molecule has 1 unspecified atom stereocenters.